The van der Waals surface area contributed by atoms with Crippen molar-refractivity contribution in [3.05, 3.63) is 34.3 Å². The van der Waals surface area contributed by atoms with Crippen molar-refractivity contribution in [2.75, 3.05) is 89.6 Å². The summed E-state index contributed by atoms with van der Waals surface area (Å²) < 4.78 is 70.9. The van der Waals surface area contributed by atoms with Crippen LogP contribution in [0.25, 0.3) is 0 Å². The fraction of sp³-hybridized carbons (Fsp3) is 0.743. The van der Waals surface area contributed by atoms with E-state index in [1.54, 1.807) is 6.92 Å². The van der Waals surface area contributed by atoms with Crippen LogP contribution in [-0.2, 0) is 74.9 Å². The molecule has 592 valence electrons. The van der Waals surface area contributed by atoms with Gasteiger partial charge in [0.2, 0.25) is 76.8 Å². The Kier molecular flexibility index (Phi) is 29.0. The van der Waals surface area contributed by atoms with Crippen LogP contribution < -0.4 is 16.0 Å². The van der Waals surface area contributed by atoms with E-state index in [0.29, 0.717) is 44.9 Å². The number of halogens is 6. The van der Waals surface area contributed by atoms with E-state index in [2.05, 4.69) is 16.0 Å². The number of amides is 13. The summed E-state index contributed by atoms with van der Waals surface area (Å²) in [4.78, 5) is 206. The summed E-state index contributed by atoms with van der Waals surface area (Å²) in [6, 6.07) is -9.68. The number of aryl methyl sites for hydroxylation is 1. The van der Waals surface area contributed by atoms with Gasteiger partial charge in [-0.1, -0.05) is 110 Å². The van der Waals surface area contributed by atoms with Crippen molar-refractivity contribution in [1.29, 1.82) is 0 Å². The van der Waals surface area contributed by atoms with Crippen LogP contribution in [0.4, 0.5) is 22.0 Å². The molecule has 1 aromatic carbocycles. The maximum absolute atomic E-state index is 15.7. The Bertz CT molecular complexity index is 3410. The summed E-state index contributed by atoms with van der Waals surface area (Å²) >= 11 is 6.15. The minimum Gasteiger partial charge on any atom is -0.347 e. The second-order valence-corrected chi connectivity index (χ2v) is 31.6. The van der Waals surface area contributed by atoms with Crippen molar-refractivity contribution in [3.8, 4) is 0 Å². The van der Waals surface area contributed by atoms with Gasteiger partial charge in [-0.3, -0.25) is 62.3 Å². The van der Waals surface area contributed by atoms with E-state index in [1.165, 1.54) is 92.7 Å². The predicted molar refractivity (Wildman–Crippen MR) is 382 cm³/mol. The molecule has 6 fully saturated rings. The largest absolute Gasteiger partial charge is 0.417 e. The third-order valence-electron chi connectivity index (χ3n) is 23.0. The molecule has 3 aliphatic carbocycles. The molecule has 13 amide bonds. The lowest BCUT2D eigenvalue weighted by molar-refractivity contribution is -0.168. The summed E-state index contributed by atoms with van der Waals surface area (Å²) in [6.07, 6.45) is 0.481. The standard InChI is InChI=1S/C74H111ClF5N13O13/c1-15-44(4)60-69(104)86(9)45(5)64(99)93-34-31-52(93)68(103)89(12)55(37-46-23-17-16-18-24-46)67(102)85(8)40-57(94)81-51(30-28-47-27-29-49(50(75)36-47)74(78,79)80)65(100)88(11)54(38-59(96)92-41-73(76,77)42-92)63(98)83-72(32-21-22-33-72)71(106)91(14)61(48-25-19-20-26-48)70(105)90(13)56(66(101)84(6)7)39-58(95)87(10)53(35-43(2)3)62(97)82-60/h27,29,36,43-46,48,51-56,60-61H,15-26,28,30-35,37-42H2,1-14H3,(H,81,94)(H,82,97)(H,83,98)/t44-,45-,51-,52-,53-,54-,55-,56-,60-,61-/m0/s1. The number of likely N-dealkylation sites (N-methyl/N-ethyl adjacent to an activating group) is 8. The molecule has 7 rings (SSSR count). The van der Waals surface area contributed by atoms with Gasteiger partial charge in [0.25, 0.3) is 5.92 Å². The van der Waals surface area contributed by atoms with Gasteiger partial charge in [-0.2, -0.15) is 13.2 Å². The second-order valence-electron chi connectivity index (χ2n) is 31.2. The van der Waals surface area contributed by atoms with E-state index in [4.69, 9.17) is 11.6 Å². The highest BCUT2D eigenvalue weighted by molar-refractivity contribution is 6.31. The van der Waals surface area contributed by atoms with Gasteiger partial charge in [0, 0.05) is 70.0 Å². The Morgan fingerprint density at radius 3 is 1.83 bits per heavy atom. The molecule has 0 radical (unpaired) electrons. The van der Waals surface area contributed by atoms with Gasteiger partial charge in [-0.25, -0.2) is 8.78 Å². The van der Waals surface area contributed by atoms with E-state index in [-0.39, 0.29) is 62.5 Å². The summed E-state index contributed by atoms with van der Waals surface area (Å²) in [5.74, 6) is -15.0. The Morgan fingerprint density at radius 2 is 1.28 bits per heavy atom. The van der Waals surface area contributed by atoms with Gasteiger partial charge in [-0.05, 0) is 106 Å². The lowest BCUT2D eigenvalue weighted by Gasteiger charge is -2.45. The highest BCUT2D eigenvalue weighted by Crippen LogP contribution is 2.39. The summed E-state index contributed by atoms with van der Waals surface area (Å²) in [5, 5.41) is 7.69. The van der Waals surface area contributed by atoms with E-state index in [9.17, 15) is 60.3 Å². The molecule has 0 bridgehead atoms. The molecular formula is C74H111ClF5N13O13. The lowest BCUT2D eigenvalue weighted by atomic mass is 9.84. The zero-order valence-corrected chi connectivity index (χ0v) is 64.7. The first-order valence-electron chi connectivity index (χ1n) is 37.4. The molecule has 3 saturated heterocycles. The van der Waals surface area contributed by atoms with Crippen molar-refractivity contribution in [1.82, 2.24) is 64.9 Å². The van der Waals surface area contributed by atoms with Gasteiger partial charge >= 0.3 is 6.18 Å². The van der Waals surface area contributed by atoms with Crippen molar-refractivity contribution < 1.29 is 84.3 Å². The normalized spacial score (nSPS) is 27.5. The fourth-order valence-electron chi connectivity index (χ4n) is 15.8. The number of hydrogen-bond donors (Lipinski definition) is 3. The molecule has 3 saturated carbocycles. The quantitative estimate of drug-likeness (QED) is 0.210. The average molecular weight is 1520 g/mol. The number of likely N-dealkylation sites (tertiary alicyclic amines) is 1. The summed E-state index contributed by atoms with van der Waals surface area (Å²) in [7, 11) is 12.2. The number of fused-ring (bicyclic) bond motifs is 1. The van der Waals surface area contributed by atoms with E-state index < -0.39 is 210 Å². The molecule has 3 aliphatic heterocycles. The zero-order valence-electron chi connectivity index (χ0n) is 64.0. The number of hydrogen-bond acceptors (Lipinski definition) is 13. The summed E-state index contributed by atoms with van der Waals surface area (Å²) in [5.41, 5.74) is -2.86. The molecular weight excluding hydrogens is 1410 g/mol. The number of nitrogens with zero attached hydrogens (tertiary/aromatic N) is 10. The Hall–Kier alpha value is -7.73. The molecule has 0 unspecified atom stereocenters. The van der Waals surface area contributed by atoms with Crippen LogP contribution in [0.5, 0.6) is 0 Å². The van der Waals surface area contributed by atoms with Crippen molar-refractivity contribution in [3.63, 3.8) is 0 Å². The minimum atomic E-state index is -4.85. The molecule has 26 nitrogen and oxygen atoms in total. The minimum absolute atomic E-state index is 0.0411. The molecule has 10 atom stereocenters. The summed E-state index contributed by atoms with van der Waals surface area (Å²) in [6.45, 7) is 5.98. The zero-order chi connectivity index (χ0) is 78.9. The van der Waals surface area contributed by atoms with E-state index in [0.717, 1.165) is 77.0 Å². The molecule has 0 aromatic heterocycles. The second kappa shape index (κ2) is 36.0. The Labute approximate surface area is 624 Å². The highest BCUT2D eigenvalue weighted by Gasteiger charge is 2.53. The Balaban J connectivity index is 1.34. The van der Waals surface area contributed by atoms with Crippen molar-refractivity contribution >= 4 is 88.4 Å². The van der Waals surface area contributed by atoms with Gasteiger partial charge < -0.3 is 64.9 Å². The van der Waals surface area contributed by atoms with Crippen molar-refractivity contribution in [2.24, 2.45) is 23.7 Å². The molecule has 6 aliphatic rings. The molecule has 1 spiro atoms. The number of benzene rings is 1. The van der Waals surface area contributed by atoms with E-state index in [1.807, 2.05) is 20.8 Å². The molecule has 3 heterocycles. The molecule has 3 N–H and O–H groups in total. The smallest absolute Gasteiger partial charge is 0.347 e. The molecule has 1 aromatic rings. The van der Waals surface area contributed by atoms with E-state index >= 15 is 24.0 Å². The SMILES string of the molecule is CC[C@H](C)[C@@H]1NC(=O)[C@H](CC(C)C)N(C)C(=O)C[C@@H](C(=O)N(C)C)N(C)C(=O)[C@H](C2CCCC2)N(C)C(=O)C2(CCCC2)NC(=O)[C@H](CC(=O)N2CC(F)(F)C2)N(C)C(=O)[C@H](CCc2ccc(C(F)(F)F)c(Cl)c2)NC(=O)CN(C)C(=O)[C@H](CC2CCCCC2)N(C)C(=O)[C@@H]2CCN2C(=O)[C@H](C)N(C)C1=O. The van der Waals surface area contributed by atoms with Crippen LogP contribution in [-0.4, -0.2) is 281 Å². The Morgan fingerprint density at radius 1 is 0.679 bits per heavy atom. The third kappa shape index (κ3) is 20.1. The maximum Gasteiger partial charge on any atom is 0.417 e. The highest BCUT2D eigenvalue weighted by atomic mass is 35.5. The molecule has 32 heteroatoms. The van der Waals surface area contributed by atoms with Crippen LogP contribution in [0.1, 0.15) is 174 Å². The first-order valence-corrected chi connectivity index (χ1v) is 37.7. The van der Waals surface area contributed by atoms with Crippen LogP contribution in [0.15, 0.2) is 18.2 Å². The number of carbonyl (C=O) groups excluding carboxylic acids is 13. The van der Waals surface area contributed by atoms with Crippen LogP contribution in [0, 0.1) is 23.7 Å². The maximum atomic E-state index is 15.7. The first-order chi connectivity index (χ1) is 49.6. The van der Waals surface area contributed by atoms with Crippen LogP contribution in [0.3, 0.4) is 0 Å². The monoisotopic (exact) mass is 1520 g/mol. The number of alkyl halides is 5. The number of rotatable bonds is 13. The average Bonchev–Trinajstić information content (AvgIpc) is 1.74. The van der Waals surface area contributed by atoms with Crippen LogP contribution in [0.2, 0.25) is 5.02 Å². The molecule has 106 heavy (non-hydrogen) atoms. The first kappa shape index (κ1) is 85.5. The van der Waals surface area contributed by atoms with Crippen molar-refractivity contribution in [2.45, 2.75) is 241 Å². The predicted octanol–water partition coefficient (Wildman–Crippen LogP) is 5.34. The van der Waals surface area contributed by atoms with Gasteiger partial charge in [0.1, 0.15) is 59.9 Å². The number of carbonyl (C=O) groups is 13. The van der Waals surface area contributed by atoms with Gasteiger partial charge in [-0.15, -0.1) is 0 Å². The van der Waals surface area contributed by atoms with Gasteiger partial charge in [0.05, 0.1) is 43.1 Å². The lowest BCUT2D eigenvalue weighted by Crippen LogP contribution is -2.66. The fourth-order valence-corrected chi connectivity index (χ4v) is 16.1. The number of nitrogens with one attached hydrogen (secondary N) is 3. The topological polar surface area (TPSA) is 290 Å². The van der Waals surface area contributed by atoms with Gasteiger partial charge in [0.15, 0.2) is 0 Å². The third-order valence-corrected chi connectivity index (χ3v) is 23.3. The van der Waals surface area contributed by atoms with Crippen LogP contribution >= 0.6 is 11.6 Å².